The Morgan fingerprint density at radius 1 is 1.35 bits per heavy atom. The van der Waals surface area contributed by atoms with Gasteiger partial charge in [0.1, 0.15) is 0 Å². The first-order valence-electron chi connectivity index (χ1n) is 7.27. The first kappa shape index (κ1) is 15.4. The van der Waals surface area contributed by atoms with Crippen LogP contribution in [0.25, 0.3) is 0 Å². The maximum atomic E-state index is 12.9. The van der Waals surface area contributed by atoms with Crippen molar-refractivity contribution in [3.8, 4) is 0 Å². The van der Waals surface area contributed by atoms with Gasteiger partial charge in [-0.15, -0.1) is 0 Å². The van der Waals surface area contributed by atoms with Crippen LogP contribution in [0.15, 0.2) is 6.20 Å². The van der Waals surface area contributed by atoms with Gasteiger partial charge in [0, 0.05) is 11.7 Å². The van der Waals surface area contributed by atoms with Crippen molar-refractivity contribution in [2.24, 2.45) is 5.92 Å². The second-order valence-electron chi connectivity index (χ2n) is 5.62. The topological polar surface area (TPSA) is 40.7 Å². The monoisotopic (exact) mass is 289 g/mol. The lowest BCUT2D eigenvalue weighted by atomic mass is 9.84. The lowest BCUT2D eigenvalue weighted by Gasteiger charge is -2.33. The van der Waals surface area contributed by atoms with Crippen LogP contribution >= 0.6 is 0 Å². The van der Waals surface area contributed by atoms with E-state index in [1.807, 2.05) is 6.92 Å². The van der Waals surface area contributed by atoms with Crippen LogP contribution in [0.3, 0.4) is 0 Å². The Labute approximate surface area is 117 Å². The average molecular weight is 289 g/mol. The summed E-state index contributed by atoms with van der Waals surface area (Å²) in [6, 6.07) is -0.408. The molecule has 2 unspecified atom stereocenters. The zero-order chi connectivity index (χ0) is 14.6. The highest BCUT2D eigenvalue weighted by Gasteiger charge is 2.45. The average Bonchev–Trinajstić information content (AvgIpc) is 2.80. The van der Waals surface area contributed by atoms with E-state index in [4.69, 9.17) is 0 Å². The largest absolute Gasteiger partial charge is 0.393 e. The Hall–Kier alpha value is -1.04. The van der Waals surface area contributed by atoms with Crippen LogP contribution in [0, 0.1) is 12.8 Å². The van der Waals surface area contributed by atoms with E-state index < -0.39 is 18.1 Å². The normalized spacial score (nSPS) is 24.0. The summed E-state index contributed by atoms with van der Waals surface area (Å²) in [6.07, 6.45) is 1.88. The summed E-state index contributed by atoms with van der Waals surface area (Å²) in [5, 5.41) is 9.92. The van der Waals surface area contributed by atoms with E-state index in [2.05, 4.69) is 15.5 Å². The van der Waals surface area contributed by atoms with E-state index in [1.165, 1.54) is 0 Å². The van der Waals surface area contributed by atoms with Gasteiger partial charge in [-0.3, -0.25) is 5.10 Å². The third-order valence-electron chi connectivity index (χ3n) is 4.15. The molecule has 0 aliphatic heterocycles. The molecule has 6 heteroatoms. The molecule has 0 bridgehead atoms. The zero-order valence-electron chi connectivity index (χ0n) is 11.8. The molecule has 1 saturated carbocycles. The summed E-state index contributed by atoms with van der Waals surface area (Å²) in [7, 11) is 0. The van der Waals surface area contributed by atoms with Gasteiger partial charge in [0.15, 0.2) is 0 Å². The molecular weight excluding hydrogens is 267 g/mol. The Balaban J connectivity index is 1.76. The number of H-pyrrole nitrogens is 1. The Morgan fingerprint density at radius 3 is 2.75 bits per heavy atom. The SMILES string of the molecule is Cc1[nH]ncc1CCCNC1CCCCC1C(F)(F)F. The smallest absolute Gasteiger partial charge is 0.313 e. The predicted octanol–water partition coefficient (Wildman–Crippen LogP) is 3.36. The number of rotatable bonds is 5. The zero-order valence-corrected chi connectivity index (χ0v) is 11.8. The van der Waals surface area contributed by atoms with Gasteiger partial charge in [0.05, 0.1) is 12.1 Å². The maximum Gasteiger partial charge on any atom is 0.393 e. The number of aromatic amines is 1. The molecule has 114 valence electrons. The first-order valence-corrected chi connectivity index (χ1v) is 7.27. The molecule has 1 aromatic rings. The molecule has 1 fully saturated rings. The Kier molecular flexibility index (Phi) is 5.07. The molecule has 20 heavy (non-hydrogen) atoms. The van der Waals surface area contributed by atoms with Gasteiger partial charge >= 0.3 is 6.18 Å². The molecule has 2 atom stereocenters. The molecule has 0 amide bonds. The van der Waals surface area contributed by atoms with Gasteiger partial charge in [0.25, 0.3) is 0 Å². The third kappa shape index (κ3) is 3.98. The fraction of sp³-hybridized carbons (Fsp3) is 0.786. The molecule has 1 aliphatic carbocycles. The highest BCUT2D eigenvalue weighted by molar-refractivity contribution is 5.14. The molecule has 1 aromatic heterocycles. The number of hydrogen-bond donors (Lipinski definition) is 2. The minimum atomic E-state index is -4.07. The van der Waals surface area contributed by atoms with Crippen molar-refractivity contribution in [3.05, 3.63) is 17.5 Å². The maximum absolute atomic E-state index is 12.9. The van der Waals surface area contributed by atoms with E-state index in [9.17, 15) is 13.2 Å². The molecule has 0 saturated heterocycles. The Morgan fingerprint density at radius 2 is 2.10 bits per heavy atom. The lowest BCUT2D eigenvalue weighted by Crippen LogP contribution is -2.45. The van der Waals surface area contributed by atoms with E-state index in [0.29, 0.717) is 19.4 Å². The molecule has 0 aromatic carbocycles. The quantitative estimate of drug-likeness (QED) is 0.816. The second kappa shape index (κ2) is 6.61. The Bertz CT molecular complexity index is 414. The van der Waals surface area contributed by atoms with Crippen LogP contribution in [-0.2, 0) is 6.42 Å². The standard InChI is InChI=1S/C14H22F3N3/c1-10-11(9-19-20-10)5-4-8-18-13-7-3-2-6-12(13)14(15,16)17/h9,12-13,18H,2-8H2,1H3,(H,19,20). The summed E-state index contributed by atoms with van der Waals surface area (Å²) in [4.78, 5) is 0. The number of hydrogen-bond acceptors (Lipinski definition) is 2. The van der Waals surface area contributed by atoms with E-state index in [1.54, 1.807) is 6.20 Å². The molecule has 2 N–H and O–H groups in total. The van der Waals surface area contributed by atoms with Crippen LogP contribution in [0.5, 0.6) is 0 Å². The minimum absolute atomic E-state index is 0.266. The van der Waals surface area contributed by atoms with Crippen molar-refractivity contribution in [1.82, 2.24) is 15.5 Å². The molecule has 3 nitrogen and oxygen atoms in total. The number of alkyl halides is 3. The number of aromatic nitrogens is 2. The molecule has 1 aliphatic rings. The van der Waals surface area contributed by atoms with Crippen LogP contribution in [0.2, 0.25) is 0 Å². The fourth-order valence-electron chi connectivity index (χ4n) is 2.96. The van der Waals surface area contributed by atoms with E-state index in [-0.39, 0.29) is 6.42 Å². The van der Waals surface area contributed by atoms with Crippen molar-refractivity contribution >= 4 is 0 Å². The molecular formula is C14H22F3N3. The summed E-state index contributed by atoms with van der Waals surface area (Å²) in [5.41, 5.74) is 2.18. The van der Waals surface area contributed by atoms with Gasteiger partial charge in [-0.1, -0.05) is 12.8 Å². The molecule has 0 spiro atoms. The predicted molar refractivity (Wildman–Crippen MR) is 71.4 cm³/mol. The van der Waals surface area contributed by atoms with Crippen molar-refractivity contribution in [3.63, 3.8) is 0 Å². The van der Waals surface area contributed by atoms with Crippen LogP contribution in [0.4, 0.5) is 13.2 Å². The molecule has 1 heterocycles. The molecule has 2 rings (SSSR count). The summed E-state index contributed by atoms with van der Waals surface area (Å²) in [6.45, 7) is 2.58. The number of halogens is 3. The minimum Gasteiger partial charge on any atom is -0.313 e. The van der Waals surface area contributed by atoms with Crippen molar-refractivity contribution < 1.29 is 13.2 Å². The van der Waals surface area contributed by atoms with Gasteiger partial charge in [0.2, 0.25) is 0 Å². The second-order valence-corrected chi connectivity index (χ2v) is 5.62. The summed E-state index contributed by atoms with van der Waals surface area (Å²) in [5.74, 6) is -1.17. The van der Waals surface area contributed by atoms with Crippen molar-refractivity contribution in [1.29, 1.82) is 0 Å². The van der Waals surface area contributed by atoms with Gasteiger partial charge < -0.3 is 5.32 Å². The fourth-order valence-corrected chi connectivity index (χ4v) is 2.96. The summed E-state index contributed by atoms with van der Waals surface area (Å²) < 4.78 is 38.8. The lowest BCUT2D eigenvalue weighted by molar-refractivity contribution is -0.188. The molecule has 0 radical (unpaired) electrons. The number of aryl methyl sites for hydroxylation is 2. The third-order valence-corrected chi connectivity index (χ3v) is 4.15. The van der Waals surface area contributed by atoms with Gasteiger partial charge in [-0.2, -0.15) is 18.3 Å². The van der Waals surface area contributed by atoms with Crippen LogP contribution < -0.4 is 5.32 Å². The van der Waals surface area contributed by atoms with E-state index in [0.717, 1.165) is 30.5 Å². The number of nitrogens with one attached hydrogen (secondary N) is 2. The summed E-state index contributed by atoms with van der Waals surface area (Å²) >= 11 is 0. The van der Waals surface area contributed by atoms with Crippen molar-refractivity contribution in [2.45, 2.75) is 57.7 Å². The van der Waals surface area contributed by atoms with E-state index >= 15 is 0 Å². The van der Waals surface area contributed by atoms with Crippen LogP contribution in [-0.4, -0.2) is 29.0 Å². The van der Waals surface area contributed by atoms with Gasteiger partial charge in [-0.05, 0) is 44.7 Å². The van der Waals surface area contributed by atoms with Gasteiger partial charge in [-0.25, -0.2) is 0 Å². The van der Waals surface area contributed by atoms with Crippen molar-refractivity contribution in [2.75, 3.05) is 6.54 Å². The van der Waals surface area contributed by atoms with Crippen LogP contribution in [0.1, 0.15) is 43.4 Å². The highest BCUT2D eigenvalue weighted by atomic mass is 19.4. The number of nitrogens with zero attached hydrogens (tertiary/aromatic N) is 1. The first-order chi connectivity index (χ1) is 9.48. The highest BCUT2D eigenvalue weighted by Crippen LogP contribution is 2.37.